The van der Waals surface area contributed by atoms with E-state index in [1.807, 2.05) is 21.1 Å². The van der Waals surface area contributed by atoms with Crippen molar-refractivity contribution in [1.29, 1.82) is 0 Å². The normalized spacial score (nSPS) is 15.0. The number of allylic oxidation sites excluding steroid dienone is 16. The number of hydrogen-bond acceptors (Lipinski definition) is 7. The summed E-state index contributed by atoms with van der Waals surface area (Å²) in [6.07, 6.45) is 71.9. The van der Waals surface area contributed by atoms with Gasteiger partial charge in [-0.05, 0) is 77.0 Å². The Morgan fingerprint density at radius 3 is 1.26 bits per heavy atom. The molecule has 0 heterocycles. The molecule has 0 saturated heterocycles. The van der Waals surface area contributed by atoms with Crippen LogP contribution in [0.4, 0.5) is 0 Å². The minimum Gasteiger partial charge on any atom is -0.756 e. The van der Waals surface area contributed by atoms with Crippen LogP contribution in [0.2, 0.25) is 0 Å². The van der Waals surface area contributed by atoms with Crippen LogP contribution >= 0.6 is 7.82 Å². The molecular formula is C63H113N2O7P. The number of unbranched alkanes of at least 4 members (excludes halogenated alkanes) is 23. The first-order chi connectivity index (χ1) is 35.4. The molecule has 0 fully saturated rings. The van der Waals surface area contributed by atoms with Gasteiger partial charge >= 0.3 is 0 Å². The van der Waals surface area contributed by atoms with Crippen molar-refractivity contribution >= 4 is 13.7 Å². The van der Waals surface area contributed by atoms with Gasteiger partial charge in [-0.2, -0.15) is 0 Å². The molecule has 3 N–H and O–H groups in total. The third-order valence-electron chi connectivity index (χ3n) is 12.9. The van der Waals surface area contributed by atoms with Gasteiger partial charge in [0.05, 0.1) is 39.9 Å². The number of nitrogens with zero attached hydrogens (tertiary/aromatic N) is 1. The summed E-state index contributed by atoms with van der Waals surface area (Å²) in [5.74, 6) is -0.284. The molecule has 0 aromatic heterocycles. The summed E-state index contributed by atoms with van der Waals surface area (Å²) < 4.78 is 23.3. The van der Waals surface area contributed by atoms with Gasteiger partial charge in [0.15, 0.2) is 0 Å². The Labute approximate surface area is 450 Å². The quantitative estimate of drug-likeness (QED) is 0.0240. The van der Waals surface area contributed by atoms with Gasteiger partial charge in [0, 0.05) is 6.42 Å². The molecular weight excluding hydrogens is 928 g/mol. The van der Waals surface area contributed by atoms with E-state index in [9.17, 15) is 24.5 Å². The summed E-state index contributed by atoms with van der Waals surface area (Å²) in [5, 5.41) is 24.8. The second-order valence-corrected chi connectivity index (χ2v) is 22.5. The highest BCUT2D eigenvalue weighted by molar-refractivity contribution is 7.45. The van der Waals surface area contributed by atoms with Gasteiger partial charge in [0.25, 0.3) is 7.82 Å². The molecule has 4 atom stereocenters. The van der Waals surface area contributed by atoms with Crippen LogP contribution in [-0.2, 0) is 18.4 Å². The van der Waals surface area contributed by atoms with Gasteiger partial charge in [-0.25, -0.2) is 0 Å². The van der Waals surface area contributed by atoms with Crippen LogP contribution in [-0.4, -0.2) is 79.8 Å². The number of hydrogen-bond donors (Lipinski definition) is 3. The second kappa shape index (κ2) is 52.8. The average molecular weight is 1040 g/mol. The number of nitrogens with one attached hydrogen (secondary N) is 1. The van der Waals surface area contributed by atoms with Crippen LogP contribution in [0.15, 0.2) is 97.2 Å². The van der Waals surface area contributed by atoms with Crippen LogP contribution in [0, 0.1) is 0 Å². The molecule has 1 amide bonds. The van der Waals surface area contributed by atoms with Gasteiger partial charge in [-0.15, -0.1) is 0 Å². The maximum Gasteiger partial charge on any atom is 0.268 e. The van der Waals surface area contributed by atoms with E-state index in [0.717, 1.165) is 89.9 Å². The summed E-state index contributed by atoms with van der Waals surface area (Å²) in [5.41, 5.74) is 0. The molecule has 422 valence electrons. The Kier molecular flexibility index (Phi) is 50.9. The molecule has 0 spiro atoms. The first-order valence-corrected chi connectivity index (χ1v) is 31.1. The summed E-state index contributed by atoms with van der Waals surface area (Å²) in [4.78, 5) is 25.5. The smallest absolute Gasteiger partial charge is 0.268 e. The third-order valence-corrected chi connectivity index (χ3v) is 13.9. The highest BCUT2D eigenvalue weighted by atomic mass is 31.2. The van der Waals surface area contributed by atoms with Crippen molar-refractivity contribution in [2.45, 2.75) is 257 Å². The molecule has 4 unspecified atom stereocenters. The fraction of sp³-hybridized carbons (Fsp3) is 0.730. The van der Waals surface area contributed by atoms with Crippen LogP contribution in [0.1, 0.15) is 239 Å². The van der Waals surface area contributed by atoms with Crippen molar-refractivity contribution in [3.63, 3.8) is 0 Å². The van der Waals surface area contributed by atoms with Gasteiger partial charge < -0.3 is 34.0 Å². The summed E-state index contributed by atoms with van der Waals surface area (Å²) in [6, 6.07) is -1.08. The first kappa shape index (κ1) is 70.4. The van der Waals surface area contributed by atoms with E-state index < -0.39 is 32.7 Å². The van der Waals surface area contributed by atoms with Crippen molar-refractivity contribution in [3.05, 3.63) is 97.2 Å². The van der Waals surface area contributed by atoms with Crippen molar-refractivity contribution < 1.29 is 38.0 Å². The van der Waals surface area contributed by atoms with Crippen LogP contribution in [0.5, 0.6) is 0 Å². The van der Waals surface area contributed by atoms with Crippen LogP contribution in [0.3, 0.4) is 0 Å². The van der Waals surface area contributed by atoms with E-state index >= 15 is 0 Å². The van der Waals surface area contributed by atoms with Gasteiger partial charge in [-0.3, -0.25) is 9.36 Å². The number of carbonyl (C=O) groups is 1. The molecule has 0 rings (SSSR count). The average Bonchev–Trinajstić information content (AvgIpc) is 3.35. The molecule has 0 aromatic carbocycles. The summed E-state index contributed by atoms with van der Waals surface area (Å²) >= 11 is 0. The lowest BCUT2D eigenvalue weighted by atomic mass is 9.99. The Morgan fingerprint density at radius 2 is 0.863 bits per heavy atom. The number of likely N-dealkylation sites (N-methyl/N-ethyl adjacent to an activating group) is 1. The second-order valence-electron chi connectivity index (χ2n) is 21.1. The lowest BCUT2D eigenvalue weighted by molar-refractivity contribution is -0.870. The van der Waals surface area contributed by atoms with Crippen LogP contribution < -0.4 is 10.2 Å². The molecule has 0 aliphatic rings. The summed E-state index contributed by atoms with van der Waals surface area (Å²) in [7, 11) is 1.12. The number of aliphatic hydroxyl groups excluding tert-OH is 2. The molecule has 0 aromatic rings. The van der Waals surface area contributed by atoms with E-state index in [0.29, 0.717) is 23.9 Å². The number of aliphatic hydroxyl groups is 2. The lowest BCUT2D eigenvalue weighted by Gasteiger charge is -2.31. The topological polar surface area (TPSA) is 128 Å². The van der Waals surface area contributed by atoms with Gasteiger partial charge in [0.2, 0.25) is 5.91 Å². The maximum absolute atomic E-state index is 13.0. The van der Waals surface area contributed by atoms with Crippen molar-refractivity contribution in [3.8, 4) is 0 Å². The minimum atomic E-state index is -4.68. The predicted octanol–water partition coefficient (Wildman–Crippen LogP) is 16.5. The Bertz CT molecular complexity index is 1530. The van der Waals surface area contributed by atoms with Crippen molar-refractivity contribution in [1.82, 2.24) is 5.32 Å². The molecule has 0 saturated carbocycles. The van der Waals surface area contributed by atoms with Crippen molar-refractivity contribution in [2.75, 3.05) is 40.9 Å². The van der Waals surface area contributed by atoms with E-state index in [-0.39, 0.29) is 18.9 Å². The molecule has 0 aliphatic carbocycles. The highest BCUT2D eigenvalue weighted by Gasteiger charge is 2.29. The van der Waals surface area contributed by atoms with Crippen LogP contribution in [0.25, 0.3) is 0 Å². The predicted molar refractivity (Wildman–Crippen MR) is 312 cm³/mol. The first-order valence-electron chi connectivity index (χ1n) is 29.7. The zero-order valence-electron chi connectivity index (χ0n) is 47.7. The summed E-state index contributed by atoms with van der Waals surface area (Å²) in [6.45, 7) is 4.32. The van der Waals surface area contributed by atoms with Crippen molar-refractivity contribution in [2.24, 2.45) is 0 Å². The number of phosphoric ester groups is 1. The van der Waals surface area contributed by atoms with Gasteiger partial charge in [0.1, 0.15) is 19.3 Å². The number of amides is 1. The molecule has 10 heteroatoms. The molecule has 0 radical (unpaired) electrons. The Hall–Kier alpha value is -2.62. The van der Waals surface area contributed by atoms with Gasteiger partial charge in [-0.1, -0.05) is 252 Å². The SMILES string of the molecule is CC/C=C\C/C=C\C/C=C\C/C=C\C/C=C\C/C=C\C/C=C\C/C=C\CCCCCCCCCCCCCCC(=O)NC(COP(=O)([O-])OCC[N+](C)(C)C)C(O)C(O)CCCCCCCCCCCCCC. The highest BCUT2D eigenvalue weighted by Crippen LogP contribution is 2.38. The monoisotopic (exact) mass is 1040 g/mol. The number of carbonyl (C=O) groups excluding carboxylic acids is 1. The largest absolute Gasteiger partial charge is 0.756 e. The lowest BCUT2D eigenvalue weighted by Crippen LogP contribution is -2.51. The van der Waals surface area contributed by atoms with E-state index in [1.54, 1.807) is 0 Å². The fourth-order valence-corrected chi connectivity index (χ4v) is 8.99. The number of quaternary nitrogens is 1. The zero-order valence-corrected chi connectivity index (χ0v) is 48.6. The molecule has 0 aliphatic heterocycles. The maximum atomic E-state index is 13.0. The standard InChI is InChI=1S/C63H113N2O7P/c1-6-8-10-12-14-16-18-20-21-22-23-24-25-26-27-28-29-30-31-32-33-34-35-36-37-38-39-40-41-42-43-44-46-48-50-52-54-56-62(67)64-60(59-72-73(69,70)71-58-57-65(3,4)5)63(68)61(66)55-53-51-49-47-45-19-17-15-13-11-9-7-2/h8,10,14,16,20-21,23-24,26-27,29-30,32-33,35-36,60-61,63,66,68H,6-7,9,11-13,15,17-19,22,25,28,31,34,37-59H2,1-5H3,(H-,64,67,69,70)/b10-8-,16-14-,21-20-,24-23-,27-26-,30-29-,33-32-,36-35-. The van der Waals surface area contributed by atoms with E-state index in [2.05, 4.69) is 116 Å². The third kappa shape index (κ3) is 54.0. The van der Waals surface area contributed by atoms with E-state index in [1.165, 1.54) is 116 Å². The zero-order chi connectivity index (χ0) is 53.6. The Morgan fingerprint density at radius 1 is 0.507 bits per heavy atom. The Balaban J connectivity index is 4.12. The molecule has 73 heavy (non-hydrogen) atoms. The number of phosphoric acid groups is 1. The fourth-order valence-electron chi connectivity index (χ4n) is 8.27. The molecule has 9 nitrogen and oxygen atoms in total. The van der Waals surface area contributed by atoms with E-state index in [4.69, 9.17) is 9.05 Å². The number of rotatable bonds is 53. The molecule has 0 bridgehead atoms. The minimum absolute atomic E-state index is 0.0444.